The van der Waals surface area contributed by atoms with Crippen molar-refractivity contribution in [3.8, 4) is 5.75 Å². The molecule has 0 fully saturated rings. The van der Waals surface area contributed by atoms with E-state index in [1.807, 2.05) is 30.3 Å². The number of thioether (sulfide) groups is 1. The van der Waals surface area contributed by atoms with Crippen LogP contribution < -0.4 is 10.5 Å². The molecule has 142 valence electrons. The van der Waals surface area contributed by atoms with E-state index in [9.17, 15) is 9.18 Å². The molecule has 3 N–H and O–H groups in total. The number of rotatable bonds is 6. The van der Waals surface area contributed by atoms with Gasteiger partial charge in [0.2, 0.25) is 0 Å². The van der Waals surface area contributed by atoms with Gasteiger partial charge >= 0.3 is 0 Å². The maximum Gasteiger partial charge on any atom is 0.254 e. The third-order valence-corrected chi connectivity index (χ3v) is 4.76. The van der Waals surface area contributed by atoms with Gasteiger partial charge in [-0.05, 0) is 35.0 Å². The van der Waals surface area contributed by atoms with Crippen LogP contribution in [-0.2, 0) is 4.79 Å². The molecular formula is C20H22FN3O2S. The Morgan fingerprint density at radius 1 is 1.26 bits per heavy atom. The van der Waals surface area contributed by atoms with Crippen LogP contribution in [0.25, 0.3) is 0 Å². The first-order valence-corrected chi connectivity index (χ1v) is 9.11. The van der Waals surface area contributed by atoms with Crippen LogP contribution in [0.3, 0.4) is 0 Å². The van der Waals surface area contributed by atoms with Gasteiger partial charge in [-0.1, -0.05) is 50.2 Å². The molecule has 5 nitrogen and oxygen atoms in total. The van der Waals surface area contributed by atoms with Gasteiger partial charge in [0.1, 0.15) is 0 Å². The van der Waals surface area contributed by atoms with Crippen molar-refractivity contribution in [1.29, 1.82) is 5.41 Å². The second-order valence-electron chi connectivity index (χ2n) is 6.45. The van der Waals surface area contributed by atoms with Gasteiger partial charge in [-0.15, -0.1) is 0 Å². The fraction of sp³-hybridized carbons (Fsp3) is 0.250. The van der Waals surface area contributed by atoms with Crippen molar-refractivity contribution in [2.24, 2.45) is 16.1 Å². The van der Waals surface area contributed by atoms with Crippen molar-refractivity contribution in [2.75, 3.05) is 7.11 Å². The molecule has 1 unspecified atom stereocenters. The molecule has 27 heavy (non-hydrogen) atoms. The third-order valence-electron chi connectivity index (χ3n) is 4.31. The number of nitrogens with two attached hydrogens (primary N) is 1. The number of carbonyl (C=O) groups excluding carboxylic acids is 1. The van der Waals surface area contributed by atoms with Crippen LogP contribution in [0.15, 0.2) is 53.5 Å². The minimum absolute atomic E-state index is 0.00389. The van der Waals surface area contributed by atoms with E-state index in [2.05, 4.69) is 4.99 Å². The number of nitrogens with zero attached hydrogens (tertiary/aromatic N) is 1. The lowest BCUT2D eigenvalue weighted by Gasteiger charge is -2.32. The number of halogens is 1. The fourth-order valence-corrected chi connectivity index (χ4v) is 3.24. The number of hydrogen-bond acceptors (Lipinski definition) is 4. The summed E-state index contributed by atoms with van der Waals surface area (Å²) in [6, 6.07) is 14.1. The Bertz CT molecular complexity index is 854. The lowest BCUT2D eigenvalue weighted by Crippen LogP contribution is -2.32. The molecule has 1 atom stereocenters. The number of methoxy groups -OCH3 is 1. The van der Waals surface area contributed by atoms with Gasteiger partial charge in [0.05, 0.1) is 18.1 Å². The first-order chi connectivity index (χ1) is 12.8. The van der Waals surface area contributed by atoms with Crippen LogP contribution in [0.5, 0.6) is 5.75 Å². The molecule has 2 aromatic carbocycles. The molecule has 0 aliphatic carbocycles. The Balaban J connectivity index is 2.56. The molecule has 0 bridgehead atoms. The van der Waals surface area contributed by atoms with Crippen molar-refractivity contribution < 1.29 is 13.9 Å². The van der Waals surface area contributed by atoms with Crippen molar-refractivity contribution in [3.63, 3.8) is 0 Å². The van der Waals surface area contributed by atoms with E-state index in [1.165, 1.54) is 13.2 Å². The van der Waals surface area contributed by atoms with Gasteiger partial charge in [-0.25, -0.2) is 4.39 Å². The minimum atomic E-state index is -1.00. The number of amides is 1. The summed E-state index contributed by atoms with van der Waals surface area (Å²) in [5.41, 5.74) is 7.17. The summed E-state index contributed by atoms with van der Waals surface area (Å²) in [4.78, 5) is 16.8. The number of benzene rings is 2. The van der Waals surface area contributed by atoms with Crippen LogP contribution in [0, 0.1) is 16.6 Å². The van der Waals surface area contributed by atoms with Gasteiger partial charge in [0.25, 0.3) is 5.91 Å². The van der Waals surface area contributed by atoms with E-state index in [4.69, 9.17) is 15.9 Å². The number of hydrogen-bond donors (Lipinski definition) is 2. The Morgan fingerprint density at radius 3 is 2.48 bits per heavy atom. The average Bonchev–Trinajstić information content (AvgIpc) is 2.63. The van der Waals surface area contributed by atoms with E-state index in [0.29, 0.717) is 5.56 Å². The lowest BCUT2D eigenvalue weighted by atomic mass is 9.70. The van der Waals surface area contributed by atoms with Crippen molar-refractivity contribution in [2.45, 2.75) is 19.8 Å². The Hall–Kier alpha value is -2.67. The zero-order chi connectivity index (χ0) is 20.0. The summed E-state index contributed by atoms with van der Waals surface area (Å²) in [5.74, 6) is -1.26. The normalized spacial score (nSPS) is 13.1. The Labute approximate surface area is 162 Å². The van der Waals surface area contributed by atoms with Gasteiger partial charge in [0, 0.05) is 5.92 Å². The van der Waals surface area contributed by atoms with Crippen LogP contribution in [0.2, 0.25) is 0 Å². The molecule has 0 heterocycles. The molecule has 2 aromatic rings. The third kappa shape index (κ3) is 4.74. The number of amidine groups is 1. The fourth-order valence-electron chi connectivity index (χ4n) is 2.99. The van der Waals surface area contributed by atoms with Gasteiger partial charge in [-0.2, -0.15) is 4.99 Å². The molecular weight excluding hydrogens is 365 g/mol. The lowest BCUT2D eigenvalue weighted by molar-refractivity contribution is -0.126. The molecule has 0 spiro atoms. The number of aliphatic imine (C=N–C) groups is 1. The summed E-state index contributed by atoms with van der Waals surface area (Å²) in [5, 5.41) is 7.06. The molecule has 0 aromatic heterocycles. The van der Waals surface area contributed by atoms with Crippen LogP contribution in [0.1, 0.15) is 30.9 Å². The SMILES string of the molecule is COc1ccc(C(c2ccccc2)C(C)(C)C(=O)N=C(N)SC=N)cc1F. The summed E-state index contributed by atoms with van der Waals surface area (Å²) >= 11 is 0.858. The summed E-state index contributed by atoms with van der Waals surface area (Å²) in [6.45, 7) is 3.50. The first-order valence-electron chi connectivity index (χ1n) is 8.23. The van der Waals surface area contributed by atoms with E-state index in [-0.39, 0.29) is 10.9 Å². The van der Waals surface area contributed by atoms with Crippen LogP contribution in [-0.4, -0.2) is 23.7 Å². The molecule has 0 saturated carbocycles. The molecule has 0 aliphatic heterocycles. The predicted octanol–water partition coefficient (Wildman–Crippen LogP) is 4.17. The zero-order valence-electron chi connectivity index (χ0n) is 15.4. The van der Waals surface area contributed by atoms with E-state index in [0.717, 1.165) is 22.9 Å². The molecule has 0 radical (unpaired) electrons. The topological polar surface area (TPSA) is 88.5 Å². The average molecular weight is 387 g/mol. The highest BCUT2D eigenvalue weighted by Crippen LogP contribution is 2.42. The highest BCUT2D eigenvalue weighted by atomic mass is 32.2. The number of carbonyl (C=O) groups is 1. The van der Waals surface area contributed by atoms with Gasteiger partial charge < -0.3 is 15.9 Å². The van der Waals surface area contributed by atoms with Crippen LogP contribution >= 0.6 is 11.8 Å². The highest BCUT2D eigenvalue weighted by Gasteiger charge is 2.39. The molecule has 0 saturated heterocycles. The van der Waals surface area contributed by atoms with E-state index in [1.54, 1.807) is 26.0 Å². The molecule has 7 heteroatoms. The molecule has 2 rings (SSSR count). The monoisotopic (exact) mass is 387 g/mol. The second kappa shape index (κ2) is 8.81. The number of nitrogens with one attached hydrogen (secondary N) is 1. The van der Waals surface area contributed by atoms with E-state index < -0.39 is 23.1 Å². The molecule has 1 amide bonds. The smallest absolute Gasteiger partial charge is 0.254 e. The quantitative estimate of drug-likeness (QED) is 0.575. The zero-order valence-corrected chi connectivity index (χ0v) is 16.2. The maximum atomic E-state index is 14.3. The Morgan fingerprint density at radius 2 is 1.93 bits per heavy atom. The minimum Gasteiger partial charge on any atom is -0.494 e. The number of ether oxygens (including phenoxy) is 1. The summed E-state index contributed by atoms with van der Waals surface area (Å²) < 4.78 is 19.3. The summed E-state index contributed by atoms with van der Waals surface area (Å²) in [6.07, 6.45) is 0. The second-order valence-corrected chi connectivity index (χ2v) is 7.34. The maximum absolute atomic E-state index is 14.3. The standard InChI is InChI=1S/C20H22FN3O2S/c1-20(2,18(25)24-19(23)27-12-22)17(13-7-5-4-6-8-13)14-9-10-16(26-3)15(21)11-14/h4-12,17,22H,1-3H3,(H2,23,24,25). The van der Waals surface area contributed by atoms with Crippen LogP contribution in [0.4, 0.5) is 4.39 Å². The van der Waals surface area contributed by atoms with E-state index >= 15 is 0 Å². The largest absolute Gasteiger partial charge is 0.494 e. The summed E-state index contributed by atoms with van der Waals surface area (Å²) in [7, 11) is 1.40. The van der Waals surface area contributed by atoms with Gasteiger partial charge in [-0.3, -0.25) is 4.79 Å². The molecule has 0 aliphatic rings. The first kappa shape index (κ1) is 20.6. The van der Waals surface area contributed by atoms with Crippen molar-refractivity contribution in [3.05, 3.63) is 65.5 Å². The predicted molar refractivity (Wildman–Crippen MR) is 108 cm³/mol. The van der Waals surface area contributed by atoms with Gasteiger partial charge in [0.15, 0.2) is 16.7 Å². The van der Waals surface area contributed by atoms with Crippen molar-refractivity contribution in [1.82, 2.24) is 0 Å². The Kier molecular flexibility index (Phi) is 6.74. The highest BCUT2D eigenvalue weighted by molar-refractivity contribution is 8.24. The van der Waals surface area contributed by atoms with Crippen molar-refractivity contribution >= 4 is 28.4 Å².